The highest BCUT2D eigenvalue weighted by Crippen LogP contribution is 2.36. The Morgan fingerprint density at radius 1 is 1.32 bits per heavy atom. The van der Waals surface area contributed by atoms with Gasteiger partial charge in [0.1, 0.15) is 11.6 Å². The maximum Gasteiger partial charge on any atom is 0.258 e. The summed E-state index contributed by atoms with van der Waals surface area (Å²) in [5, 5.41) is 22.3. The quantitative estimate of drug-likeness (QED) is 0.217. The fraction of sp³-hybridized carbons (Fsp3) is 0.478. The highest BCUT2D eigenvalue weighted by molar-refractivity contribution is 9.10. The summed E-state index contributed by atoms with van der Waals surface area (Å²) >= 11 is 3.34. The number of carbonyl (C=O) groups is 1. The minimum Gasteiger partial charge on any atom is -0.505 e. The number of methoxy groups -OCH3 is 1. The maximum absolute atomic E-state index is 12.6. The number of aliphatic imine (C=N–C) groups is 2. The third-order valence-electron chi connectivity index (χ3n) is 4.86. The van der Waals surface area contributed by atoms with Crippen LogP contribution in [0.1, 0.15) is 30.6 Å². The molecule has 0 bridgehead atoms. The molecule has 0 aliphatic rings. The van der Waals surface area contributed by atoms with E-state index in [4.69, 9.17) is 15.9 Å². The number of likely N-dealkylation sites (N-methyl/N-ethyl adjacent to an activating group) is 1. The molecule has 0 saturated heterocycles. The van der Waals surface area contributed by atoms with E-state index in [9.17, 15) is 9.90 Å². The second kappa shape index (κ2) is 13.7. The minimum absolute atomic E-state index is 0.0242. The molecule has 0 spiro atoms. The normalized spacial score (nSPS) is 12.7. The molecule has 1 rings (SSSR count). The Hall–Kier alpha value is -2.92. The van der Waals surface area contributed by atoms with Gasteiger partial charge in [-0.05, 0) is 46.5 Å². The van der Waals surface area contributed by atoms with Crippen LogP contribution in [0.5, 0.6) is 5.75 Å². The number of amides is 1. The van der Waals surface area contributed by atoms with Crippen molar-refractivity contribution in [3.05, 3.63) is 34.0 Å². The van der Waals surface area contributed by atoms with Gasteiger partial charge < -0.3 is 30.7 Å². The average molecular weight is 538 g/mol. The summed E-state index contributed by atoms with van der Waals surface area (Å²) in [6, 6.07) is 3.34. The van der Waals surface area contributed by atoms with Gasteiger partial charge in [0.2, 0.25) is 0 Å². The molecule has 0 unspecified atom stereocenters. The van der Waals surface area contributed by atoms with Crippen molar-refractivity contribution >= 4 is 45.0 Å². The first kappa shape index (κ1) is 29.1. The standard InChI is InChI=1S/C23H36BrN7O3/c1-14(2)8-9-15(34-7)12-28-13-18(29-22(26)21(25)27-3)31(6)17-11-10-16(24)19(20(17)32)23(33)30(4)5/h9-11,14,26,28,32H,8,12-13H2,1-7H3,(H2,25,27)/b15-9-,26-22?,29-18?. The van der Waals surface area contributed by atoms with Crippen LogP contribution in [-0.4, -0.2) is 81.8 Å². The second-order valence-corrected chi connectivity index (χ2v) is 9.00. The first-order chi connectivity index (χ1) is 15.9. The molecule has 1 aromatic rings. The number of phenolic OH excluding ortho intramolecular Hbond substituents is 1. The van der Waals surface area contributed by atoms with Crippen molar-refractivity contribution in [3.63, 3.8) is 0 Å². The van der Waals surface area contributed by atoms with Gasteiger partial charge in [-0.1, -0.05) is 13.8 Å². The summed E-state index contributed by atoms with van der Waals surface area (Å²) in [5.41, 5.74) is 6.23. The molecule has 10 nitrogen and oxygen atoms in total. The maximum atomic E-state index is 12.6. The highest BCUT2D eigenvalue weighted by atomic mass is 79.9. The molecule has 0 aliphatic carbocycles. The SMILES string of the molecule is CN=C(N)C(=N)N=C(CNC/C(=C/CC(C)C)OC)N(C)c1ccc(Br)c(C(=O)N(C)C)c1O. The largest absolute Gasteiger partial charge is 0.505 e. The van der Waals surface area contributed by atoms with E-state index < -0.39 is 0 Å². The van der Waals surface area contributed by atoms with Crippen molar-refractivity contribution in [3.8, 4) is 5.75 Å². The number of allylic oxidation sites excluding steroid dienone is 1. The van der Waals surface area contributed by atoms with Crippen LogP contribution in [0.4, 0.5) is 5.69 Å². The Morgan fingerprint density at radius 3 is 2.50 bits per heavy atom. The summed E-state index contributed by atoms with van der Waals surface area (Å²) in [4.78, 5) is 23.7. The number of nitrogens with zero attached hydrogens (tertiary/aromatic N) is 4. The number of aromatic hydroxyl groups is 1. The molecule has 188 valence electrons. The van der Waals surface area contributed by atoms with Crippen molar-refractivity contribution < 1.29 is 14.6 Å². The number of ether oxygens (including phenoxy) is 1. The van der Waals surface area contributed by atoms with Gasteiger partial charge in [0, 0.05) is 32.7 Å². The Balaban J connectivity index is 3.32. The van der Waals surface area contributed by atoms with Crippen molar-refractivity contribution in [1.29, 1.82) is 5.41 Å². The van der Waals surface area contributed by atoms with Gasteiger partial charge in [-0.25, -0.2) is 4.99 Å². The lowest BCUT2D eigenvalue weighted by Gasteiger charge is -2.25. The van der Waals surface area contributed by atoms with E-state index in [-0.39, 0.29) is 35.4 Å². The lowest BCUT2D eigenvalue weighted by Crippen LogP contribution is -2.38. The van der Waals surface area contributed by atoms with Crippen LogP contribution in [0.2, 0.25) is 0 Å². The van der Waals surface area contributed by atoms with Crippen molar-refractivity contribution in [2.24, 2.45) is 21.6 Å². The van der Waals surface area contributed by atoms with Crippen LogP contribution >= 0.6 is 15.9 Å². The number of nitrogens with one attached hydrogen (secondary N) is 2. The Kier molecular flexibility index (Phi) is 11.7. The molecular weight excluding hydrogens is 502 g/mol. The van der Waals surface area contributed by atoms with E-state index in [0.29, 0.717) is 28.5 Å². The zero-order chi connectivity index (χ0) is 26.0. The molecule has 0 aliphatic heterocycles. The lowest BCUT2D eigenvalue weighted by molar-refractivity contribution is 0.0824. The Labute approximate surface area is 210 Å². The van der Waals surface area contributed by atoms with Gasteiger partial charge in [0.15, 0.2) is 17.4 Å². The monoisotopic (exact) mass is 537 g/mol. The summed E-state index contributed by atoms with van der Waals surface area (Å²) in [6.45, 7) is 4.92. The van der Waals surface area contributed by atoms with Crippen molar-refractivity contribution in [2.45, 2.75) is 20.3 Å². The van der Waals surface area contributed by atoms with Gasteiger partial charge in [0.05, 0.1) is 31.5 Å². The van der Waals surface area contributed by atoms with Gasteiger partial charge in [-0.3, -0.25) is 15.2 Å². The van der Waals surface area contributed by atoms with E-state index in [2.05, 4.69) is 45.1 Å². The number of carbonyl (C=O) groups excluding carboxylic acids is 1. The number of hydrogen-bond acceptors (Lipinski definition) is 6. The molecule has 0 radical (unpaired) electrons. The van der Waals surface area contributed by atoms with Crippen LogP contribution in [0.25, 0.3) is 0 Å². The zero-order valence-corrected chi connectivity index (χ0v) is 22.5. The number of rotatable bonds is 9. The summed E-state index contributed by atoms with van der Waals surface area (Å²) in [6.07, 6.45) is 2.91. The molecular formula is C23H36BrN7O3. The van der Waals surface area contributed by atoms with E-state index in [1.807, 2.05) is 6.08 Å². The molecule has 0 saturated carbocycles. The highest BCUT2D eigenvalue weighted by Gasteiger charge is 2.23. The number of nitrogens with two attached hydrogens (primary N) is 1. The predicted octanol–water partition coefficient (Wildman–Crippen LogP) is 2.82. The molecule has 0 atom stereocenters. The first-order valence-electron chi connectivity index (χ1n) is 10.7. The van der Waals surface area contributed by atoms with E-state index in [1.165, 1.54) is 11.9 Å². The van der Waals surface area contributed by atoms with Crippen LogP contribution in [0, 0.1) is 11.3 Å². The number of amidine groups is 3. The number of hydrogen-bond donors (Lipinski definition) is 4. The first-order valence-corrected chi connectivity index (χ1v) is 11.5. The van der Waals surface area contributed by atoms with E-state index >= 15 is 0 Å². The van der Waals surface area contributed by atoms with Gasteiger partial charge >= 0.3 is 0 Å². The molecule has 11 heteroatoms. The third kappa shape index (κ3) is 8.14. The molecule has 34 heavy (non-hydrogen) atoms. The summed E-state index contributed by atoms with van der Waals surface area (Å²) in [7, 11) is 7.99. The van der Waals surface area contributed by atoms with Crippen LogP contribution in [-0.2, 0) is 4.74 Å². The number of phenols is 1. The minimum atomic E-state index is -0.355. The summed E-state index contributed by atoms with van der Waals surface area (Å²) < 4.78 is 5.90. The fourth-order valence-corrected chi connectivity index (χ4v) is 3.30. The van der Waals surface area contributed by atoms with Gasteiger partial charge in [-0.2, -0.15) is 0 Å². The van der Waals surface area contributed by atoms with E-state index in [1.54, 1.807) is 45.3 Å². The van der Waals surface area contributed by atoms with Crippen LogP contribution in [0.3, 0.4) is 0 Å². The molecule has 1 amide bonds. The number of anilines is 1. The smallest absolute Gasteiger partial charge is 0.258 e. The third-order valence-corrected chi connectivity index (χ3v) is 5.52. The topological polar surface area (TPSA) is 140 Å². The zero-order valence-electron chi connectivity index (χ0n) is 20.9. The lowest BCUT2D eigenvalue weighted by atomic mass is 10.1. The molecule has 5 N–H and O–H groups in total. The van der Waals surface area contributed by atoms with Crippen molar-refractivity contribution in [2.75, 3.05) is 53.3 Å². The predicted molar refractivity (Wildman–Crippen MR) is 142 cm³/mol. The average Bonchev–Trinajstić information content (AvgIpc) is 2.79. The molecule has 1 aromatic carbocycles. The molecule has 0 heterocycles. The van der Waals surface area contributed by atoms with Crippen LogP contribution in [0.15, 0.2) is 38.4 Å². The van der Waals surface area contributed by atoms with Crippen LogP contribution < -0.4 is 16.0 Å². The molecule has 0 aromatic heterocycles. The van der Waals surface area contributed by atoms with Crippen molar-refractivity contribution in [1.82, 2.24) is 10.2 Å². The Morgan fingerprint density at radius 2 is 1.97 bits per heavy atom. The number of halogens is 1. The van der Waals surface area contributed by atoms with Gasteiger partial charge in [-0.15, -0.1) is 0 Å². The second-order valence-electron chi connectivity index (χ2n) is 8.14. The van der Waals surface area contributed by atoms with E-state index in [0.717, 1.165) is 12.2 Å². The number of benzene rings is 1. The fourth-order valence-electron chi connectivity index (χ4n) is 2.81. The Bertz CT molecular complexity index is 972. The summed E-state index contributed by atoms with van der Waals surface area (Å²) in [5.74, 6) is 0.873. The van der Waals surface area contributed by atoms with Gasteiger partial charge in [0.25, 0.3) is 5.91 Å². The molecule has 0 fully saturated rings.